The number of nitrogens with one attached hydrogen (secondary N) is 3. The summed E-state index contributed by atoms with van der Waals surface area (Å²) in [5.74, 6) is 1.62. The first-order chi connectivity index (χ1) is 13.3. The first kappa shape index (κ1) is 17.4. The predicted octanol–water partition coefficient (Wildman–Crippen LogP) is 2.26. The van der Waals surface area contributed by atoms with Crippen LogP contribution in [0.15, 0.2) is 48.8 Å². The van der Waals surface area contributed by atoms with Crippen molar-refractivity contribution in [2.45, 2.75) is 25.3 Å². The molecule has 0 spiro atoms. The molecule has 2 aromatic heterocycles. The van der Waals surface area contributed by atoms with E-state index < -0.39 is 0 Å². The second kappa shape index (κ2) is 8.09. The number of carbonyl (C=O) groups is 1. The lowest BCUT2D eigenvalue weighted by Gasteiger charge is -2.23. The summed E-state index contributed by atoms with van der Waals surface area (Å²) in [5, 5.41) is 13.3. The van der Waals surface area contributed by atoms with Gasteiger partial charge in [-0.3, -0.25) is 14.9 Å². The van der Waals surface area contributed by atoms with Crippen LogP contribution in [0.3, 0.4) is 0 Å². The second-order valence-corrected chi connectivity index (χ2v) is 6.69. The van der Waals surface area contributed by atoms with Crippen molar-refractivity contribution in [3.63, 3.8) is 0 Å². The summed E-state index contributed by atoms with van der Waals surface area (Å²) in [6, 6.07) is 11.6. The molecule has 138 valence electrons. The van der Waals surface area contributed by atoms with Gasteiger partial charge in [-0.2, -0.15) is 5.10 Å². The molecule has 7 heteroatoms. The minimum atomic E-state index is -0.120. The Morgan fingerprint density at radius 3 is 2.70 bits per heavy atom. The highest BCUT2D eigenvalue weighted by Crippen LogP contribution is 2.23. The number of nitrogens with zero attached hydrogens (tertiary/aromatic N) is 3. The Morgan fingerprint density at radius 1 is 1.15 bits per heavy atom. The van der Waals surface area contributed by atoms with Gasteiger partial charge in [-0.15, -0.1) is 0 Å². The Kier molecular flexibility index (Phi) is 5.20. The minimum Gasteiger partial charge on any atom is -0.345 e. The maximum Gasteiger partial charge on any atom is 0.251 e. The van der Waals surface area contributed by atoms with E-state index in [2.05, 4.69) is 42.9 Å². The molecule has 0 aliphatic carbocycles. The molecule has 3 heterocycles. The monoisotopic (exact) mass is 362 g/mol. The number of carbonyl (C=O) groups excluding carboxylic acids is 1. The highest BCUT2D eigenvalue weighted by atomic mass is 16.1. The summed E-state index contributed by atoms with van der Waals surface area (Å²) >= 11 is 0. The molecule has 1 atom stereocenters. The van der Waals surface area contributed by atoms with Gasteiger partial charge in [0, 0.05) is 30.1 Å². The van der Waals surface area contributed by atoms with Crippen LogP contribution in [-0.2, 0) is 6.54 Å². The number of amides is 1. The Labute approximate surface area is 157 Å². The maximum absolute atomic E-state index is 12.4. The van der Waals surface area contributed by atoms with Gasteiger partial charge in [0.1, 0.15) is 5.82 Å². The van der Waals surface area contributed by atoms with Gasteiger partial charge in [0.2, 0.25) is 0 Å². The highest BCUT2D eigenvalue weighted by molar-refractivity contribution is 5.94. The Balaban J connectivity index is 1.35. The Bertz CT molecular complexity index is 884. The number of hydrogen-bond donors (Lipinski definition) is 3. The van der Waals surface area contributed by atoms with E-state index in [4.69, 9.17) is 0 Å². The van der Waals surface area contributed by atoms with Gasteiger partial charge in [-0.05, 0) is 55.1 Å². The molecule has 3 N–H and O–H groups in total. The highest BCUT2D eigenvalue weighted by Gasteiger charge is 2.15. The summed E-state index contributed by atoms with van der Waals surface area (Å²) in [6.07, 6.45) is 5.79. The van der Waals surface area contributed by atoms with Crippen molar-refractivity contribution in [3.8, 4) is 11.4 Å². The third-order valence-corrected chi connectivity index (χ3v) is 4.83. The summed E-state index contributed by atoms with van der Waals surface area (Å²) < 4.78 is 0. The number of aromatic nitrogens is 4. The fourth-order valence-electron chi connectivity index (χ4n) is 3.31. The number of benzene rings is 1. The van der Waals surface area contributed by atoms with Crippen molar-refractivity contribution < 1.29 is 4.79 Å². The molecule has 1 aliphatic rings. The molecule has 1 saturated heterocycles. The first-order valence-corrected chi connectivity index (χ1v) is 9.20. The molecule has 1 aromatic carbocycles. The average Bonchev–Trinajstić information content (AvgIpc) is 3.22. The minimum absolute atomic E-state index is 0.120. The van der Waals surface area contributed by atoms with Crippen LogP contribution in [0.1, 0.15) is 40.5 Å². The molecule has 0 bridgehead atoms. The van der Waals surface area contributed by atoms with Crippen molar-refractivity contribution in [2.75, 3.05) is 13.1 Å². The van der Waals surface area contributed by atoms with Gasteiger partial charge in [-0.1, -0.05) is 12.1 Å². The van der Waals surface area contributed by atoms with E-state index in [9.17, 15) is 4.79 Å². The lowest BCUT2D eigenvalue weighted by molar-refractivity contribution is 0.0950. The molecule has 1 unspecified atom stereocenters. The average molecular weight is 362 g/mol. The maximum atomic E-state index is 12.4. The van der Waals surface area contributed by atoms with Crippen LogP contribution < -0.4 is 10.6 Å². The SMILES string of the molecule is O=C(NCc1nc(-c2ccncc2)n[nH]1)c1ccc(C2CCCNC2)cc1. The van der Waals surface area contributed by atoms with Crippen LogP contribution in [-0.4, -0.2) is 39.2 Å². The van der Waals surface area contributed by atoms with Crippen molar-refractivity contribution >= 4 is 5.91 Å². The Morgan fingerprint density at radius 2 is 1.96 bits per heavy atom. The van der Waals surface area contributed by atoms with Crippen molar-refractivity contribution in [3.05, 3.63) is 65.7 Å². The zero-order valence-corrected chi connectivity index (χ0v) is 15.0. The molecular weight excluding hydrogens is 340 g/mol. The van der Waals surface area contributed by atoms with E-state index in [1.807, 2.05) is 24.3 Å². The third kappa shape index (κ3) is 4.20. The van der Waals surface area contributed by atoms with Gasteiger partial charge in [-0.25, -0.2) is 4.98 Å². The largest absolute Gasteiger partial charge is 0.345 e. The topological polar surface area (TPSA) is 95.6 Å². The van der Waals surface area contributed by atoms with Crippen LogP contribution in [0, 0.1) is 0 Å². The van der Waals surface area contributed by atoms with E-state index in [1.54, 1.807) is 12.4 Å². The van der Waals surface area contributed by atoms with Crippen LogP contribution in [0.2, 0.25) is 0 Å². The molecule has 7 nitrogen and oxygen atoms in total. The summed E-state index contributed by atoms with van der Waals surface area (Å²) in [6.45, 7) is 2.41. The normalized spacial score (nSPS) is 16.8. The smallest absolute Gasteiger partial charge is 0.251 e. The molecule has 27 heavy (non-hydrogen) atoms. The summed E-state index contributed by atoms with van der Waals surface area (Å²) in [7, 11) is 0. The van der Waals surface area contributed by atoms with E-state index in [0.717, 1.165) is 18.7 Å². The second-order valence-electron chi connectivity index (χ2n) is 6.69. The van der Waals surface area contributed by atoms with E-state index in [0.29, 0.717) is 29.7 Å². The van der Waals surface area contributed by atoms with Crippen LogP contribution >= 0.6 is 0 Å². The molecule has 1 fully saturated rings. The molecule has 1 amide bonds. The standard InChI is InChI=1S/C20H22N6O/c27-20(16-5-3-14(4-6-16)17-2-1-9-22-12-17)23-13-18-24-19(26-25-18)15-7-10-21-11-8-15/h3-8,10-11,17,22H,1-2,9,12-13H2,(H,23,27)(H,24,25,26). The van der Waals surface area contributed by atoms with Crippen LogP contribution in [0.4, 0.5) is 0 Å². The number of H-pyrrole nitrogens is 1. The summed E-state index contributed by atoms with van der Waals surface area (Å²) in [5.41, 5.74) is 2.82. The fourth-order valence-corrected chi connectivity index (χ4v) is 3.31. The molecule has 1 aliphatic heterocycles. The van der Waals surface area contributed by atoms with Gasteiger partial charge < -0.3 is 10.6 Å². The van der Waals surface area contributed by atoms with Gasteiger partial charge in [0.15, 0.2) is 5.82 Å². The Hall–Kier alpha value is -3.06. The lowest BCUT2D eigenvalue weighted by Crippen LogP contribution is -2.28. The van der Waals surface area contributed by atoms with Crippen molar-refractivity contribution in [1.82, 2.24) is 30.8 Å². The lowest BCUT2D eigenvalue weighted by atomic mass is 9.91. The molecule has 4 rings (SSSR count). The van der Waals surface area contributed by atoms with Gasteiger partial charge in [0.05, 0.1) is 6.54 Å². The number of hydrogen-bond acceptors (Lipinski definition) is 5. The first-order valence-electron chi connectivity index (χ1n) is 9.20. The molecule has 0 radical (unpaired) electrons. The number of pyridine rings is 1. The van der Waals surface area contributed by atoms with Crippen molar-refractivity contribution in [1.29, 1.82) is 0 Å². The van der Waals surface area contributed by atoms with E-state index in [1.165, 1.54) is 18.4 Å². The predicted molar refractivity (Wildman–Crippen MR) is 102 cm³/mol. The molecule has 3 aromatic rings. The summed E-state index contributed by atoms with van der Waals surface area (Å²) in [4.78, 5) is 20.8. The zero-order valence-electron chi connectivity index (χ0n) is 15.0. The third-order valence-electron chi connectivity index (χ3n) is 4.83. The van der Waals surface area contributed by atoms with Crippen LogP contribution in [0.25, 0.3) is 11.4 Å². The van der Waals surface area contributed by atoms with Gasteiger partial charge >= 0.3 is 0 Å². The number of aromatic amines is 1. The van der Waals surface area contributed by atoms with Gasteiger partial charge in [0.25, 0.3) is 5.91 Å². The van der Waals surface area contributed by atoms with Crippen LogP contribution in [0.5, 0.6) is 0 Å². The fraction of sp³-hybridized carbons (Fsp3) is 0.300. The van der Waals surface area contributed by atoms with E-state index in [-0.39, 0.29) is 5.91 Å². The zero-order chi connectivity index (χ0) is 18.5. The van der Waals surface area contributed by atoms with Crippen molar-refractivity contribution in [2.24, 2.45) is 0 Å². The molecule has 0 saturated carbocycles. The molecular formula is C20H22N6O. The van der Waals surface area contributed by atoms with E-state index >= 15 is 0 Å². The number of piperidine rings is 1. The quantitative estimate of drug-likeness (QED) is 0.647. The number of rotatable bonds is 5.